The number of hydrogen-bond acceptors (Lipinski definition) is 4. The first-order valence-corrected chi connectivity index (χ1v) is 5.94. The second kappa shape index (κ2) is 6.63. The van der Waals surface area contributed by atoms with Crippen molar-refractivity contribution < 1.29 is 19.4 Å². The van der Waals surface area contributed by atoms with E-state index in [-0.39, 0.29) is 12.1 Å². The fourth-order valence-corrected chi connectivity index (χ4v) is 1.70. The van der Waals surface area contributed by atoms with Gasteiger partial charge in [-0.2, -0.15) is 0 Å². The first kappa shape index (κ1) is 14.8. The van der Waals surface area contributed by atoms with Crippen LogP contribution in [0.2, 0.25) is 0 Å². The molecule has 0 aliphatic rings. The molecule has 0 aliphatic carbocycles. The number of ether oxygens (including phenoxy) is 1. The number of aliphatic carboxylic acids is 1. The quantitative estimate of drug-likeness (QED) is 0.755. The Bertz CT molecular complexity index is 474. The molecule has 0 bridgehead atoms. The van der Waals surface area contributed by atoms with Crippen molar-refractivity contribution in [1.29, 1.82) is 0 Å². The first-order valence-electron chi connectivity index (χ1n) is 5.94. The monoisotopic (exact) mass is 266 g/mol. The molecule has 104 valence electrons. The summed E-state index contributed by atoms with van der Waals surface area (Å²) in [5, 5.41) is 8.83. The highest BCUT2D eigenvalue weighted by Gasteiger charge is 2.20. The normalized spacial score (nSPS) is 10.0. The van der Waals surface area contributed by atoms with Gasteiger partial charge < -0.3 is 20.5 Å². The molecule has 19 heavy (non-hydrogen) atoms. The second-order valence-electron chi connectivity index (χ2n) is 4.07. The van der Waals surface area contributed by atoms with E-state index in [4.69, 9.17) is 15.6 Å². The Labute approximate surface area is 111 Å². The van der Waals surface area contributed by atoms with Gasteiger partial charge in [0.25, 0.3) is 5.91 Å². The van der Waals surface area contributed by atoms with E-state index < -0.39 is 11.9 Å². The Morgan fingerprint density at radius 2 is 2.11 bits per heavy atom. The number of carbonyl (C=O) groups is 2. The van der Waals surface area contributed by atoms with E-state index in [1.165, 1.54) is 18.1 Å². The average molecular weight is 266 g/mol. The molecule has 1 aromatic rings. The number of hydrogen-bond donors (Lipinski definition) is 2. The minimum absolute atomic E-state index is 0.258. The van der Waals surface area contributed by atoms with E-state index in [1.54, 1.807) is 12.1 Å². The zero-order chi connectivity index (χ0) is 14.4. The Hall–Kier alpha value is -2.24. The van der Waals surface area contributed by atoms with Gasteiger partial charge in [-0.15, -0.1) is 0 Å². The lowest BCUT2D eigenvalue weighted by Gasteiger charge is -2.21. The number of carboxylic acid groups (broad SMARTS) is 1. The lowest BCUT2D eigenvalue weighted by atomic mass is 10.1. The summed E-state index contributed by atoms with van der Waals surface area (Å²) in [7, 11) is 1.49. The van der Waals surface area contributed by atoms with Crippen molar-refractivity contribution in [1.82, 2.24) is 4.90 Å². The molecule has 0 spiro atoms. The number of carboxylic acids is 1. The van der Waals surface area contributed by atoms with Gasteiger partial charge in [-0.25, -0.2) is 0 Å². The maximum Gasteiger partial charge on any atom is 0.323 e. The molecule has 0 fully saturated rings. The lowest BCUT2D eigenvalue weighted by Crippen LogP contribution is -2.36. The summed E-state index contributed by atoms with van der Waals surface area (Å²) in [5.74, 6) is -0.951. The number of nitrogens with zero attached hydrogens (tertiary/aromatic N) is 1. The number of nitrogens with two attached hydrogens (primary N) is 1. The van der Waals surface area contributed by atoms with Crippen LogP contribution in [0.5, 0.6) is 5.75 Å². The van der Waals surface area contributed by atoms with E-state index in [2.05, 4.69) is 0 Å². The number of carbonyl (C=O) groups excluding carboxylic acids is 1. The third-order valence-electron chi connectivity index (χ3n) is 2.60. The molecule has 3 N–H and O–H groups in total. The molecule has 0 aliphatic heterocycles. The van der Waals surface area contributed by atoms with Crippen molar-refractivity contribution in [3.05, 3.63) is 23.8 Å². The molecule has 0 atom stereocenters. The summed E-state index contributed by atoms with van der Waals surface area (Å²) >= 11 is 0. The second-order valence-corrected chi connectivity index (χ2v) is 4.07. The van der Waals surface area contributed by atoms with Crippen LogP contribution in [0.3, 0.4) is 0 Å². The SMILES string of the molecule is CCCN(CC(=O)O)C(=O)c1cc(OC)ccc1N. The van der Waals surface area contributed by atoms with Crippen molar-refractivity contribution >= 4 is 17.6 Å². The summed E-state index contributed by atoms with van der Waals surface area (Å²) in [6.45, 7) is 1.89. The first-order chi connectivity index (χ1) is 8.99. The standard InChI is InChI=1S/C13H18N2O4/c1-3-6-15(8-12(16)17)13(18)10-7-9(19-2)4-5-11(10)14/h4-5,7H,3,6,8,14H2,1-2H3,(H,16,17). The van der Waals surface area contributed by atoms with E-state index in [0.717, 1.165) is 0 Å². The highest BCUT2D eigenvalue weighted by Crippen LogP contribution is 2.21. The van der Waals surface area contributed by atoms with Gasteiger partial charge >= 0.3 is 5.97 Å². The molecular weight excluding hydrogens is 248 g/mol. The van der Waals surface area contributed by atoms with Gasteiger partial charge in [0.2, 0.25) is 0 Å². The van der Waals surface area contributed by atoms with Gasteiger partial charge in [-0.1, -0.05) is 6.92 Å². The number of rotatable bonds is 6. The molecule has 0 unspecified atom stereocenters. The van der Waals surface area contributed by atoms with Crippen LogP contribution in [-0.4, -0.2) is 42.1 Å². The van der Waals surface area contributed by atoms with Crippen molar-refractivity contribution in [2.45, 2.75) is 13.3 Å². The molecule has 1 amide bonds. The number of benzene rings is 1. The van der Waals surface area contributed by atoms with Crippen molar-refractivity contribution in [3.8, 4) is 5.75 Å². The van der Waals surface area contributed by atoms with Crippen molar-refractivity contribution in [3.63, 3.8) is 0 Å². The van der Waals surface area contributed by atoms with Gasteiger partial charge in [0.05, 0.1) is 12.7 Å². The third-order valence-corrected chi connectivity index (χ3v) is 2.60. The molecule has 0 heterocycles. The van der Waals surface area contributed by atoms with Gasteiger partial charge in [-0.05, 0) is 24.6 Å². The Morgan fingerprint density at radius 3 is 2.63 bits per heavy atom. The molecule has 0 saturated heterocycles. The van der Waals surface area contributed by atoms with Crippen molar-refractivity contribution in [2.75, 3.05) is 25.9 Å². The molecule has 0 aromatic heterocycles. The van der Waals surface area contributed by atoms with E-state index >= 15 is 0 Å². The maximum absolute atomic E-state index is 12.3. The van der Waals surface area contributed by atoms with Gasteiger partial charge in [0.1, 0.15) is 12.3 Å². The van der Waals surface area contributed by atoms with Crippen molar-refractivity contribution in [2.24, 2.45) is 0 Å². The molecule has 0 saturated carbocycles. The van der Waals surface area contributed by atoms with Crippen LogP contribution in [0, 0.1) is 0 Å². The van der Waals surface area contributed by atoms with Gasteiger partial charge in [0, 0.05) is 12.2 Å². The van der Waals surface area contributed by atoms with E-state index in [0.29, 0.717) is 24.4 Å². The van der Waals surface area contributed by atoms with Crippen LogP contribution in [-0.2, 0) is 4.79 Å². The van der Waals surface area contributed by atoms with Gasteiger partial charge in [0.15, 0.2) is 0 Å². The molecule has 1 aromatic carbocycles. The predicted molar refractivity (Wildman–Crippen MR) is 71.2 cm³/mol. The maximum atomic E-state index is 12.3. The zero-order valence-corrected chi connectivity index (χ0v) is 11.0. The molecule has 6 heteroatoms. The van der Waals surface area contributed by atoms with E-state index in [1.807, 2.05) is 6.92 Å². The zero-order valence-electron chi connectivity index (χ0n) is 11.0. The number of anilines is 1. The summed E-state index contributed by atoms with van der Waals surface area (Å²) in [4.78, 5) is 24.3. The molecular formula is C13H18N2O4. The Balaban J connectivity index is 3.04. The summed E-state index contributed by atoms with van der Waals surface area (Å²) < 4.78 is 5.04. The highest BCUT2D eigenvalue weighted by molar-refractivity contribution is 6.00. The lowest BCUT2D eigenvalue weighted by molar-refractivity contribution is -0.137. The van der Waals surface area contributed by atoms with Gasteiger partial charge in [-0.3, -0.25) is 9.59 Å². The average Bonchev–Trinajstić information content (AvgIpc) is 2.37. The Kier molecular flexibility index (Phi) is 5.17. The van der Waals surface area contributed by atoms with Crippen LogP contribution in [0.4, 0.5) is 5.69 Å². The topological polar surface area (TPSA) is 92.9 Å². The Morgan fingerprint density at radius 1 is 1.42 bits per heavy atom. The number of methoxy groups -OCH3 is 1. The fourth-order valence-electron chi connectivity index (χ4n) is 1.70. The summed E-state index contributed by atoms with van der Waals surface area (Å²) in [5.41, 5.74) is 6.32. The smallest absolute Gasteiger partial charge is 0.323 e. The molecule has 1 rings (SSSR count). The van der Waals surface area contributed by atoms with Crippen LogP contribution in [0.1, 0.15) is 23.7 Å². The predicted octanol–water partition coefficient (Wildman–Crippen LogP) is 1.21. The third kappa shape index (κ3) is 3.87. The van der Waals surface area contributed by atoms with Crippen LogP contribution >= 0.6 is 0 Å². The highest BCUT2D eigenvalue weighted by atomic mass is 16.5. The fraction of sp³-hybridized carbons (Fsp3) is 0.385. The summed E-state index contributed by atoms with van der Waals surface area (Å²) in [6, 6.07) is 4.73. The largest absolute Gasteiger partial charge is 0.497 e. The summed E-state index contributed by atoms with van der Waals surface area (Å²) in [6.07, 6.45) is 0.670. The van der Waals surface area contributed by atoms with Crippen LogP contribution in [0.15, 0.2) is 18.2 Å². The molecule has 0 radical (unpaired) electrons. The van der Waals surface area contributed by atoms with Crippen LogP contribution in [0.25, 0.3) is 0 Å². The minimum Gasteiger partial charge on any atom is -0.497 e. The van der Waals surface area contributed by atoms with Crippen LogP contribution < -0.4 is 10.5 Å². The number of amides is 1. The molecule has 6 nitrogen and oxygen atoms in total. The number of nitrogen functional groups attached to an aromatic ring is 1. The minimum atomic E-state index is -1.05. The van der Waals surface area contributed by atoms with E-state index in [9.17, 15) is 9.59 Å².